The Balaban J connectivity index is 1.40. The van der Waals surface area contributed by atoms with Crippen molar-refractivity contribution in [3.05, 3.63) is 53.5 Å². The molecule has 4 N–H and O–H groups in total. The fourth-order valence-electron chi connectivity index (χ4n) is 4.91. The minimum absolute atomic E-state index is 0.0475. The summed E-state index contributed by atoms with van der Waals surface area (Å²) >= 11 is 0. The number of likely N-dealkylation sites (tertiary alicyclic amines) is 1. The number of hydrogen-bond acceptors (Lipinski definition) is 5. The number of hydrogen-bond donors (Lipinski definition) is 3. The smallest absolute Gasteiger partial charge is 0.323 e. The summed E-state index contributed by atoms with van der Waals surface area (Å²) in [6, 6.07) is 3.44. The average Bonchev–Trinajstić information content (AvgIpc) is 3.46. The van der Waals surface area contributed by atoms with Crippen molar-refractivity contribution < 1.29 is 13.6 Å². The van der Waals surface area contributed by atoms with Crippen LogP contribution in [0.1, 0.15) is 51.0 Å². The lowest BCUT2D eigenvalue weighted by molar-refractivity contribution is 0.177. The molecule has 35 heavy (non-hydrogen) atoms. The van der Waals surface area contributed by atoms with Gasteiger partial charge in [0.1, 0.15) is 11.6 Å². The number of carbonyl (C=O) groups excluding carboxylic acids is 1. The summed E-state index contributed by atoms with van der Waals surface area (Å²) in [5.74, 6) is 6.70. The van der Waals surface area contributed by atoms with Gasteiger partial charge in [0.15, 0.2) is 11.6 Å². The quantitative estimate of drug-likeness (QED) is 0.542. The molecule has 3 heterocycles. The number of anilines is 1. The van der Waals surface area contributed by atoms with Crippen molar-refractivity contribution in [2.45, 2.75) is 51.7 Å². The minimum atomic E-state index is -0.434. The van der Waals surface area contributed by atoms with E-state index in [2.05, 4.69) is 34.4 Å². The third-order valence-corrected chi connectivity index (χ3v) is 7.02. The Bertz CT molecular complexity index is 1070. The Hall–Kier alpha value is -2.98. The number of nitrogens with two attached hydrogens (primary N) is 1. The molecule has 0 radical (unpaired) electrons. The van der Waals surface area contributed by atoms with Crippen LogP contribution in [0.5, 0.6) is 0 Å². The number of imidazole rings is 1. The van der Waals surface area contributed by atoms with Gasteiger partial charge in [0.05, 0.1) is 6.20 Å². The zero-order chi connectivity index (χ0) is 25.1. The van der Waals surface area contributed by atoms with Crippen LogP contribution in [0.25, 0.3) is 6.08 Å². The van der Waals surface area contributed by atoms with Gasteiger partial charge in [0, 0.05) is 43.3 Å². The number of halogens is 2. The van der Waals surface area contributed by atoms with Gasteiger partial charge in [0.25, 0.3) is 0 Å². The van der Waals surface area contributed by atoms with E-state index in [0.29, 0.717) is 36.2 Å². The highest BCUT2D eigenvalue weighted by Gasteiger charge is 2.31. The van der Waals surface area contributed by atoms with Crippen molar-refractivity contribution in [2.24, 2.45) is 5.92 Å². The van der Waals surface area contributed by atoms with Gasteiger partial charge in [-0.25, -0.2) is 23.2 Å². The second-order valence-corrected chi connectivity index (χ2v) is 9.71. The van der Waals surface area contributed by atoms with Crippen LogP contribution in [0.2, 0.25) is 0 Å². The zero-order valence-electron chi connectivity index (χ0n) is 20.5. The fraction of sp³-hybridized carbons (Fsp3) is 0.520. The average molecular weight is 488 g/mol. The number of amides is 2. The van der Waals surface area contributed by atoms with E-state index in [1.165, 1.54) is 23.0 Å². The van der Waals surface area contributed by atoms with Crippen LogP contribution in [0, 0.1) is 17.6 Å². The first-order valence-electron chi connectivity index (χ1n) is 12.3. The first kappa shape index (κ1) is 25.1. The molecule has 2 aliphatic heterocycles. The minimum Gasteiger partial charge on any atom is -0.336 e. The Morgan fingerprint density at radius 2 is 2.09 bits per heavy atom. The number of nitrogen functional groups attached to an aromatic ring is 1. The summed E-state index contributed by atoms with van der Waals surface area (Å²) in [4.78, 5) is 21.0. The first-order valence-corrected chi connectivity index (χ1v) is 12.3. The molecular formula is C25H35F2N7O. The Morgan fingerprint density at radius 3 is 2.86 bits per heavy atom. The molecule has 0 spiro atoms. The Labute approximate surface area is 205 Å². The molecule has 190 valence electrons. The third-order valence-electron chi connectivity index (χ3n) is 7.02. The normalized spacial score (nSPS) is 22.3. The summed E-state index contributed by atoms with van der Waals surface area (Å²) < 4.78 is 29.5. The van der Waals surface area contributed by atoms with Crippen LogP contribution in [0.3, 0.4) is 0 Å². The van der Waals surface area contributed by atoms with Crippen molar-refractivity contribution in [3.63, 3.8) is 0 Å². The molecule has 8 nitrogen and oxygen atoms in total. The van der Waals surface area contributed by atoms with E-state index in [0.717, 1.165) is 32.0 Å². The second-order valence-electron chi connectivity index (χ2n) is 9.71. The summed E-state index contributed by atoms with van der Waals surface area (Å²) in [7, 11) is 0. The van der Waals surface area contributed by atoms with Crippen molar-refractivity contribution in [1.82, 2.24) is 24.8 Å². The predicted octanol–water partition coefficient (Wildman–Crippen LogP) is 3.58. The lowest BCUT2D eigenvalue weighted by atomic mass is 10.0. The number of nitrogens with zero attached hydrogens (tertiary/aromatic N) is 4. The van der Waals surface area contributed by atoms with Gasteiger partial charge in [-0.2, -0.15) is 0 Å². The largest absolute Gasteiger partial charge is 0.336 e. The number of benzene rings is 1. The standard InChI is InChI=1S/C25H35F2N7O/c1-16(2)21-15-32(12-10-29-21)25(35)31-24-14-30-23(34(24)28)9-6-17(3)33-11-4-5-22(33)19-13-18(26)7-8-20(19)27/h6-9,13-14,16-17,21-22,29H,4-5,10-12,15,28H2,1-3H3,(H,31,35)/b9-6-/t17?,21-,22-/m1/s1. The van der Waals surface area contributed by atoms with E-state index in [9.17, 15) is 13.6 Å². The molecule has 1 aromatic carbocycles. The Kier molecular flexibility index (Phi) is 7.71. The van der Waals surface area contributed by atoms with E-state index in [4.69, 9.17) is 5.84 Å². The van der Waals surface area contributed by atoms with Crippen molar-refractivity contribution in [3.8, 4) is 0 Å². The lowest BCUT2D eigenvalue weighted by Gasteiger charge is -2.35. The lowest BCUT2D eigenvalue weighted by Crippen LogP contribution is -2.55. The Morgan fingerprint density at radius 1 is 1.29 bits per heavy atom. The van der Waals surface area contributed by atoms with Crippen molar-refractivity contribution in [2.75, 3.05) is 37.3 Å². The molecule has 1 aromatic heterocycles. The molecular weight excluding hydrogens is 452 g/mol. The summed E-state index contributed by atoms with van der Waals surface area (Å²) in [6.45, 7) is 9.07. The molecule has 4 rings (SSSR count). The monoisotopic (exact) mass is 487 g/mol. The highest BCUT2D eigenvalue weighted by Crippen LogP contribution is 2.35. The summed E-state index contributed by atoms with van der Waals surface area (Å²) in [6.07, 6.45) is 6.94. The number of nitrogens with one attached hydrogen (secondary N) is 2. The molecule has 0 saturated carbocycles. The first-order chi connectivity index (χ1) is 16.7. The van der Waals surface area contributed by atoms with Crippen molar-refractivity contribution in [1.29, 1.82) is 0 Å². The van der Waals surface area contributed by atoms with Crippen LogP contribution in [0.15, 0.2) is 30.5 Å². The van der Waals surface area contributed by atoms with E-state index in [1.54, 1.807) is 11.0 Å². The van der Waals surface area contributed by atoms with Gasteiger partial charge in [0.2, 0.25) is 0 Å². The number of carbonyl (C=O) groups is 1. The molecule has 1 unspecified atom stereocenters. The molecule has 0 aliphatic carbocycles. The second kappa shape index (κ2) is 10.7. The number of urea groups is 1. The molecule has 2 saturated heterocycles. The maximum Gasteiger partial charge on any atom is 0.323 e. The van der Waals surface area contributed by atoms with Gasteiger partial charge in [-0.1, -0.05) is 19.9 Å². The number of rotatable bonds is 6. The van der Waals surface area contributed by atoms with Gasteiger partial charge < -0.3 is 16.1 Å². The SMILES string of the molecule is CC(C)[C@H]1CN(C(=O)Nc2cnc(/C=C\C(C)N3CCC[C@@H]3c3cc(F)ccc3F)n2N)CCN1. The third kappa shape index (κ3) is 5.65. The molecule has 3 atom stereocenters. The van der Waals surface area contributed by atoms with E-state index < -0.39 is 5.82 Å². The molecule has 2 aliphatic rings. The van der Waals surface area contributed by atoms with Crippen LogP contribution in [-0.4, -0.2) is 63.8 Å². The van der Waals surface area contributed by atoms with Crippen molar-refractivity contribution >= 4 is 17.9 Å². The van der Waals surface area contributed by atoms with Gasteiger partial charge in [-0.15, -0.1) is 0 Å². The predicted molar refractivity (Wildman–Crippen MR) is 133 cm³/mol. The maximum absolute atomic E-state index is 14.4. The van der Waals surface area contributed by atoms with E-state index >= 15 is 0 Å². The summed E-state index contributed by atoms with van der Waals surface area (Å²) in [5.41, 5.74) is 0.390. The van der Waals surface area contributed by atoms with Gasteiger partial charge >= 0.3 is 6.03 Å². The van der Waals surface area contributed by atoms with Gasteiger partial charge in [-0.05, 0) is 56.5 Å². The molecule has 2 aromatic rings. The molecule has 0 bridgehead atoms. The van der Waals surface area contributed by atoms with Crippen LogP contribution >= 0.6 is 0 Å². The van der Waals surface area contributed by atoms with Crippen LogP contribution < -0.4 is 16.5 Å². The van der Waals surface area contributed by atoms with E-state index in [-0.39, 0.29) is 30.0 Å². The highest BCUT2D eigenvalue weighted by atomic mass is 19.1. The zero-order valence-corrected chi connectivity index (χ0v) is 20.5. The van der Waals surface area contributed by atoms with Crippen LogP contribution in [0.4, 0.5) is 19.4 Å². The summed E-state index contributed by atoms with van der Waals surface area (Å²) in [5, 5.41) is 6.29. The number of aromatic nitrogens is 2. The van der Waals surface area contributed by atoms with Crippen LogP contribution in [-0.2, 0) is 0 Å². The topological polar surface area (TPSA) is 91.5 Å². The highest BCUT2D eigenvalue weighted by molar-refractivity contribution is 5.88. The molecule has 10 heteroatoms. The molecule has 2 amide bonds. The number of piperazine rings is 1. The van der Waals surface area contributed by atoms with Gasteiger partial charge in [-0.3, -0.25) is 10.2 Å². The van der Waals surface area contributed by atoms with E-state index in [1.807, 2.05) is 13.0 Å². The molecule has 2 fully saturated rings. The fourth-order valence-corrected chi connectivity index (χ4v) is 4.91. The maximum atomic E-state index is 14.4.